The van der Waals surface area contributed by atoms with Crippen molar-refractivity contribution in [3.8, 4) is 23.0 Å². The highest BCUT2D eigenvalue weighted by Gasteiger charge is 2.16. The fraction of sp³-hybridized carbons (Fsp3) is 0.316. The minimum absolute atomic E-state index is 0.0452. The Morgan fingerprint density at radius 2 is 1.85 bits per heavy atom. The van der Waals surface area contributed by atoms with Crippen LogP contribution < -0.4 is 29.6 Å². The van der Waals surface area contributed by atoms with Crippen LogP contribution >= 0.6 is 12.2 Å². The molecule has 0 aliphatic carbocycles. The second-order valence-corrected chi connectivity index (χ2v) is 6.15. The Balaban J connectivity index is 1.68. The SMILES string of the molecule is CC[C@H](NC(=S)Nc1ccc2c(c1)OCO2)c1ccc(OC)c(OC)c1. The van der Waals surface area contributed by atoms with Crippen LogP contribution in [0.25, 0.3) is 0 Å². The van der Waals surface area contributed by atoms with Crippen molar-refractivity contribution in [1.82, 2.24) is 5.32 Å². The van der Waals surface area contributed by atoms with E-state index in [-0.39, 0.29) is 12.8 Å². The molecule has 1 heterocycles. The van der Waals surface area contributed by atoms with Gasteiger partial charge in [-0.15, -0.1) is 0 Å². The van der Waals surface area contributed by atoms with Crippen LogP contribution in [0.15, 0.2) is 36.4 Å². The molecule has 0 fully saturated rings. The molecule has 2 aromatic carbocycles. The van der Waals surface area contributed by atoms with Gasteiger partial charge in [-0.05, 0) is 48.5 Å². The Labute approximate surface area is 158 Å². The van der Waals surface area contributed by atoms with E-state index in [0.29, 0.717) is 22.4 Å². The second-order valence-electron chi connectivity index (χ2n) is 5.74. The summed E-state index contributed by atoms with van der Waals surface area (Å²) in [5.74, 6) is 2.85. The quantitative estimate of drug-likeness (QED) is 0.744. The van der Waals surface area contributed by atoms with Gasteiger partial charge in [0.05, 0.1) is 20.3 Å². The van der Waals surface area contributed by atoms with Crippen molar-refractivity contribution in [2.45, 2.75) is 19.4 Å². The van der Waals surface area contributed by atoms with Crippen molar-refractivity contribution in [2.75, 3.05) is 26.3 Å². The van der Waals surface area contributed by atoms with Gasteiger partial charge in [-0.2, -0.15) is 0 Å². The van der Waals surface area contributed by atoms with E-state index in [0.717, 1.165) is 23.4 Å². The van der Waals surface area contributed by atoms with Crippen molar-refractivity contribution in [3.63, 3.8) is 0 Å². The van der Waals surface area contributed by atoms with E-state index in [1.54, 1.807) is 14.2 Å². The van der Waals surface area contributed by atoms with Gasteiger partial charge in [0.15, 0.2) is 28.1 Å². The average molecular weight is 374 g/mol. The summed E-state index contributed by atoms with van der Waals surface area (Å²) in [6, 6.07) is 11.5. The molecule has 1 aliphatic heterocycles. The summed E-state index contributed by atoms with van der Waals surface area (Å²) < 4.78 is 21.4. The molecule has 0 saturated heterocycles. The zero-order valence-electron chi connectivity index (χ0n) is 15.0. The van der Waals surface area contributed by atoms with Gasteiger partial charge >= 0.3 is 0 Å². The van der Waals surface area contributed by atoms with Gasteiger partial charge in [0, 0.05) is 11.8 Å². The molecule has 0 unspecified atom stereocenters. The molecule has 0 aromatic heterocycles. The molecule has 0 spiro atoms. The minimum atomic E-state index is 0.0452. The van der Waals surface area contributed by atoms with Gasteiger partial charge < -0.3 is 29.6 Å². The normalized spacial score (nSPS) is 13.0. The first kappa shape index (κ1) is 18.1. The molecule has 0 bridgehead atoms. The lowest BCUT2D eigenvalue weighted by Gasteiger charge is -2.21. The fourth-order valence-electron chi connectivity index (χ4n) is 2.79. The molecule has 0 amide bonds. The molecule has 7 heteroatoms. The van der Waals surface area contributed by atoms with E-state index in [4.69, 9.17) is 31.2 Å². The molecule has 138 valence electrons. The highest BCUT2D eigenvalue weighted by Crippen LogP contribution is 2.34. The number of fused-ring (bicyclic) bond motifs is 1. The van der Waals surface area contributed by atoms with E-state index in [1.807, 2.05) is 36.4 Å². The molecule has 1 atom stereocenters. The van der Waals surface area contributed by atoms with Crippen molar-refractivity contribution in [2.24, 2.45) is 0 Å². The molecule has 0 radical (unpaired) electrons. The minimum Gasteiger partial charge on any atom is -0.493 e. The summed E-state index contributed by atoms with van der Waals surface area (Å²) in [7, 11) is 3.25. The number of thiocarbonyl (C=S) groups is 1. The van der Waals surface area contributed by atoms with Crippen LogP contribution in [-0.2, 0) is 0 Å². The van der Waals surface area contributed by atoms with Crippen LogP contribution in [0.5, 0.6) is 23.0 Å². The first-order chi connectivity index (χ1) is 12.6. The van der Waals surface area contributed by atoms with Crippen molar-refractivity contribution < 1.29 is 18.9 Å². The maximum Gasteiger partial charge on any atom is 0.231 e. The number of rotatable bonds is 6. The third kappa shape index (κ3) is 3.94. The first-order valence-corrected chi connectivity index (χ1v) is 8.74. The van der Waals surface area contributed by atoms with Gasteiger partial charge in [0.1, 0.15) is 0 Å². The van der Waals surface area contributed by atoms with E-state index in [9.17, 15) is 0 Å². The molecule has 2 aromatic rings. The van der Waals surface area contributed by atoms with Crippen molar-refractivity contribution in [3.05, 3.63) is 42.0 Å². The Morgan fingerprint density at radius 1 is 1.08 bits per heavy atom. The maximum absolute atomic E-state index is 5.47. The number of anilines is 1. The van der Waals surface area contributed by atoms with Crippen LogP contribution in [0.3, 0.4) is 0 Å². The fourth-order valence-corrected chi connectivity index (χ4v) is 3.05. The van der Waals surface area contributed by atoms with Gasteiger partial charge in [-0.25, -0.2) is 0 Å². The van der Waals surface area contributed by atoms with E-state index >= 15 is 0 Å². The number of benzene rings is 2. The lowest BCUT2D eigenvalue weighted by atomic mass is 10.0. The topological polar surface area (TPSA) is 61.0 Å². The molecule has 2 N–H and O–H groups in total. The molecular weight excluding hydrogens is 352 g/mol. The predicted molar refractivity (Wildman–Crippen MR) is 104 cm³/mol. The van der Waals surface area contributed by atoms with Gasteiger partial charge in [-0.1, -0.05) is 13.0 Å². The van der Waals surface area contributed by atoms with E-state index in [2.05, 4.69) is 17.6 Å². The summed E-state index contributed by atoms with van der Waals surface area (Å²) in [6.45, 7) is 2.34. The first-order valence-electron chi connectivity index (χ1n) is 8.33. The van der Waals surface area contributed by atoms with Crippen LogP contribution in [0.1, 0.15) is 24.9 Å². The summed E-state index contributed by atoms with van der Waals surface area (Å²) in [5, 5.41) is 7.06. The highest BCUT2D eigenvalue weighted by atomic mass is 32.1. The Morgan fingerprint density at radius 3 is 2.58 bits per heavy atom. The molecule has 3 rings (SSSR count). The summed E-state index contributed by atoms with van der Waals surface area (Å²) in [5.41, 5.74) is 1.91. The largest absolute Gasteiger partial charge is 0.493 e. The van der Waals surface area contributed by atoms with Crippen LogP contribution in [0.4, 0.5) is 5.69 Å². The molecule has 1 aliphatic rings. The predicted octanol–water partition coefficient (Wildman–Crippen LogP) is 3.87. The zero-order chi connectivity index (χ0) is 18.5. The molecule has 26 heavy (non-hydrogen) atoms. The summed E-state index contributed by atoms with van der Waals surface area (Å²) in [6.07, 6.45) is 0.860. The summed E-state index contributed by atoms with van der Waals surface area (Å²) >= 11 is 5.47. The van der Waals surface area contributed by atoms with Gasteiger partial charge in [0.2, 0.25) is 6.79 Å². The smallest absolute Gasteiger partial charge is 0.231 e. The summed E-state index contributed by atoms with van der Waals surface area (Å²) in [4.78, 5) is 0. The number of nitrogens with one attached hydrogen (secondary N) is 2. The lowest BCUT2D eigenvalue weighted by Crippen LogP contribution is -2.32. The van der Waals surface area contributed by atoms with Gasteiger partial charge in [-0.3, -0.25) is 0 Å². The number of hydrogen-bond donors (Lipinski definition) is 2. The Hall–Kier alpha value is -2.67. The lowest BCUT2D eigenvalue weighted by molar-refractivity contribution is 0.174. The Bertz CT molecular complexity index is 797. The maximum atomic E-state index is 5.47. The number of ether oxygens (including phenoxy) is 4. The van der Waals surface area contributed by atoms with Crippen LogP contribution in [-0.4, -0.2) is 26.1 Å². The molecule has 0 saturated carbocycles. The standard InChI is InChI=1S/C19H22N2O4S/c1-4-14(12-5-7-15(22-2)17(9-12)23-3)21-19(26)20-13-6-8-16-18(10-13)25-11-24-16/h5-10,14H,4,11H2,1-3H3,(H2,20,21,26)/t14-/m0/s1. The average Bonchev–Trinajstić information content (AvgIpc) is 3.13. The van der Waals surface area contributed by atoms with Crippen molar-refractivity contribution in [1.29, 1.82) is 0 Å². The second kappa shape index (κ2) is 8.14. The van der Waals surface area contributed by atoms with E-state index < -0.39 is 0 Å². The third-order valence-electron chi connectivity index (χ3n) is 4.15. The van der Waals surface area contributed by atoms with Crippen LogP contribution in [0.2, 0.25) is 0 Å². The number of hydrogen-bond acceptors (Lipinski definition) is 5. The van der Waals surface area contributed by atoms with Gasteiger partial charge in [0.25, 0.3) is 0 Å². The molecule has 6 nitrogen and oxygen atoms in total. The van der Waals surface area contributed by atoms with Crippen LogP contribution in [0, 0.1) is 0 Å². The monoisotopic (exact) mass is 374 g/mol. The van der Waals surface area contributed by atoms with Crippen molar-refractivity contribution >= 4 is 23.0 Å². The highest BCUT2D eigenvalue weighted by molar-refractivity contribution is 7.80. The van der Waals surface area contributed by atoms with E-state index in [1.165, 1.54) is 0 Å². The Kier molecular flexibility index (Phi) is 5.68. The third-order valence-corrected chi connectivity index (χ3v) is 4.37. The number of methoxy groups -OCH3 is 2. The zero-order valence-corrected chi connectivity index (χ0v) is 15.8. The molecular formula is C19H22N2O4S.